The normalized spacial score (nSPS) is 10.5. The largest absolute Gasteiger partial charge is 0.440 e. The first kappa shape index (κ1) is 9.71. The van der Waals surface area contributed by atoms with Crippen molar-refractivity contribution in [1.82, 2.24) is 9.97 Å². The van der Waals surface area contributed by atoms with E-state index in [1.165, 1.54) is 0 Å². The second-order valence-electron chi connectivity index (χ2n) is 3.33. The first-order chi connectivity index (χ1) is 7.29. The molecule has 0 radical (unpaired) electrons. The Bertz CT molecular complexity index is 451. The summed E-state index contributed by atoms with van der Waals surface area (Å²) in [5, 5.41) is 0. The minimum atomic E-state index is 0.475. The molecule has 78 valence electrons. The number of rotatable bonds is 3. The molecule has 2 aromatic rings. The zero-order chi connectivity index (χ0) is 10.7. The number of pyridine rings is 1. The topological polar surface area (TPSA) is 64.9 Å². The summed E-state index contributed by atoms with van der Waals surface area (Å²) in [5.74, 6) is 1.89. The van der Waals surface area contributed by atoms with Gasteiger partial charge in [0.15, 0.2) is 0 Å². The van der Waals surface area contributed by atoms with Crippen LogP contribution in [-0.2, 0) is 6.42 Å². The number of nitrogen functional groups attached to an aromatic ring is 1. The molecule has 0 aliphatic rings. The molecule has 2 N–H and O–H groups in total. The fourth-order valence-electron chi connectivity index (χ4n) is 1.36. The van der Waals surface area contributed by atoms with Crippen LogP contribution in [-0.4, -0.2) is 9.97 Å². The molecule has 2 heterocycles. The predicted octanol–water partition coefficient (Wildman–Crippen LogP) is 2.27. The molecule has 0 bridgehead atoms. The Hall–Kier alpha value is -1.84. The molecule has 0 spiro atoms. The van der Waals surface area contributed by atoms with Crippen LogP contribution in [0.1, 0.15) is 19.1 Å². The van der Waals surface area contributed by atoms with Crippen molar-refractivity contribution in [2.75, 3.05) is 5.73 Å². The van der Waals surface area contributed by atoms with Gasteiger partial charge in [-0.15, -0.1) is 0 Å². The number of oxazole rings is 1. The van der Waals surface area contributed by atoms with Crippen LogP contribution in [0.2, 0.25) is 0 Å². The number of nitrogens with two attached hydrogens (primary N) is 1. The lowest BCUT2D eigenvalue weighted by atomic mass is 10.3. The Morgan fingerprint density at radius 2 is 2.27 bits per heavy atom. The highest BCUT2D eigenvalue weighted by atomic mass is 16.4. The predicted molar refractivity (Wildman–Crippen MR) is 58.1 cm³/mol. The van der Waals surface area contributed by atoms with Crippen molar-refractivity contribution in [3.05, 3.63) is 30.2 Å². The van der Waals surface area contributed by atoms with Gasteiger partial charge in [0.2, 0.25) is 5.89 Å². The molecule has 0 unspecified atom stereocenters. The minimum Gasteiger partial charge on any atom is -0.440 e. The minimum absolute atomic E-state index is 0.475. The summed E-state index contributed by atoms with van der Waals surface area (Å²) in [4.78, 5) is 8.30. The summed E-state index contributed by atoms with van der Waals surface area (Å²) >= 11 is 0. The van der Waals surface area contributed by atoms with E-state index >= 15 is 0 Å². The molecule has 0 aliphatic heterocycles. The number of aromatic nitrogens is 2. The summed E-state index contributed by atoms with van der Waals surface area (Å²) in [6.45, 7) is 2.10. The van der Waals surface area contributed by atoms with Gasteiger partial charge in [0, 0.05) is 6.42 Å². The molecule has 0 saturated carbocycles. The van der Waals surface area contributed by atoms with E-state index in [0.29, 0.717) is 17.4 Å². The highest BCUT2D eigenvalue weighted by Crippen LogP contribution is 2.18. The van der Waals surface area contributed by atoms with E-state index in [0.717, 1.165) is 18.6 Å². The SMILES string of the molecule is CCCc1cnc(-c2cccc(N)n2)o1. The van der Waals surface area contributed by atoms with Crippen LogP contribution in [0.4, 0.5) is 5.82 Å². The standard InChI is InChI=1S/C11H13N3O/c1-2-4-8-7-13-11(15-8)9-5-3-6-10(12)14-9/h3,5-7H,2,4H2,1H3,(H2,12,14). The lowest BCUT2D eigenvalue weighted by Crippen LogP contribution is -1.91. The van der Waals surface area contributed by atoms with E-state index in [2.05, 4.69) is 16.9 Å². The highest BCUT2D eigenvalue weighted by Gasteiger charge is 2.07. The van der Waals surface area contributed by atoms with E-state index in [1.807, 2.05) is 12.1 Å². The van der Waals surface area contributed by atoms with Gasteiger partial charge in [-0.25, -0.2) is 9.97 Å². The molecule has 0 aromatic carbocycles. The molecule has 2 rings (SSSR count). The Morgan fingerprint density at radius 3 is 3.00 bits per heavy atom. The molecule has 0 saturated heterocycles. The lowest BCUT2D eigenvalue weighted by Gasteiger charge is -1.96. The summed E-state index contributed by atoms with van der Waals surface area (Å²) in [7, 11) is 0. The molecule has 0 amide bonds. The van der Waals surface area contributed by atoms with Gasteiger partial charge in [-0.1, -0.05) is 13.0 Å². The zero-order valence-corrected chi connectivity index (χ0v) is 8.60. The third-order valence-electron chi connectivity index (χ3n) is 2.04. The fourth-order valence-corrected chi connectivity index (χ4v) is 1.36. The molecule has 0 aliphatic carbocycles. The quantitative estimate of drug-likeness (QED) is 0.831. The van der Waals surface area contributed by atoms with Crippen LogP contribution < -0.4 is 5.73 Å². The van der Waals surface area contributed by atoms with Gasteiger partial charge < -0.3 is 10.2 Å². The van der Waals surface area contributed by atoms with Crippen LogP contribution in [0.3, 0.4) is 0 Å². The zero-order valence-electron chi connectivity index (χ0n) is 8.60. The van der Waals surface area contributed by atoms with Crippen molar-refractivity contribution < 1.29 is 4.42 Å². The molecule has 2 aromatic heterocycles. The number of hydrogen-bond acceptors (Lipinski definition) is 4. The number of anilines is 1. The van der Waals surface area contributed by atoms with Crippen LogP contribution in [0.15, 0.2) is 28.8 Å². The molecule has 0 atom stereocenters. The van der Waals surface area contributed by atoms with Crippen LogP contribution in [0.5, 0.6) is 0 Å². The summed E-state index contributed by atoms with van der Waals surface area (Å²) < 4.78 is 5.54. The van der Waals surface area contributed by atoms with Crippen molar-refractivity contribution in [3.8, 4) is 11.6 Å². The third-order valence-corrected chi connectivity index (χ3v) is 2.04. The lowest BCUT2D eigenvalue weighted by molar-refractivity contribution is 0.513. The van der Waals surface area contributed by atoms with Crippen molar-refractivity contribution in [1.29, 1.82) is 0 Å². The summed E-state index contributed by atoms with van der Waals surface area (Å²) in [5.41, 5.74) is 6.26. The molecule has 15 heavy (non-hydrogen) atoms. The van der Waals surface area contributed by atoms with E-state index in [1.54, 1.807) is 12.3 Å². The molecule has 4 nitrogen and oxygen atoms in total. The van der Waals surface area contributed by atoms with E-state index in [9.17, 15) is 0 Å². The maximum atomic E-state index is 5.58. The first-order valence-corrected chi connectivity index (χ1v) is 4.97. The van der Waals surface area contributed by atoms with Crippen molar-refractivity contribution in [2.24, 2.45) is 0 Å². The van der Waals surface area contributed by atoms with Gasteiger partial charge in [-0.3, -0.25) is 0 Å². The molecule has 0 fully saturated rings. The number of hydrogen-bond donors (Lipinski definition) is 1. The third kappa shape index (κ3) is 2.15. The molecular weight excluding hydrogens is 190 g/mol. The van der Waals surface area contributed by atoms with Gasteiger partial charge in [-0.2, -0.15) is 0 Å². The second-order valence-corrected chi connectivity index (χ2v) is 3.33. The van der Waals surface area contributed by atoms with Crippen LogP contribution in [0, 0.1) is 0 Å². The average molecular weight is 203 g/mol. The van der Waals surface area contributed by atoms with Gasteiger partial charge in [0.25, 0.3) is 0 Å². The summed E-state index contributed by atoms with van der Waals surface area (Å²) in [6.07, 6.45) is 3.68. The van der Waals surface area contributed by atoms with Gasteiger partial charge in [0.1, 0.15) is 17.3 Å². The van der Waals surface area contributed by atoms with E-state index in [4.69, 9.17) is 10.2 Å². The maximum Gasteiger partial charge on any atom is 0.245 e. The average Bonchev–Trinajstić information content (AvgIpc) is 2.67. The second kappa shape index (κ2) is 4.13. The van der Waals surface area contributed by atoms with Crippen molar-refractivity contribution in [3.63, 3.8) is 0 Å². The van der Waals surface area contributed by atoms with Crippen LogP contribution >= 0.6 is 0 Å². The molecular formula is C11H13N3O. The summed E-state index contributed by atoms with van der Waals surface area (Å²) in [6, 6.07) is 5.40. The number of aryl methyl sites for hydroxylation is 1. The first-order valence-electron chi connectivity index (χ1n) is 4.97. The van der Waals surface area contributed by atoms with Gasteiger partial charge >= 0.3 is 0 Å². The van der Waals surface area contributed by atoms with Gasteiger partial charge in [0.05, 0.1) is 6.20 Å². The maximum absolute atomic E-state index is 5.58. The van der Waals surface area contributed by atoms with Crippen molar-refractivity contribution >= 4 is 5.82 Å². The Balaban J connectivity index is 2.29. The smallest absolute Gasteiger partial charge is 0.245 e. The van der Waals surface area contributed by atoms with E-state index in [-0.39, 0.29) is 0 Å². The van der Waals surface area contributed by atoms with Gasteiger partial charge in [-0.05, 0) is 18.6 Å². The monoisotopic (exact) mass is 203 g/mol. The Morgan fingerprint density at radius 1 is 1.40 bits per heavy atom. The Kier molecular flexibility index (Phi) is 2.67. The highest BCUT2D eigenvalue weighted by molar-refractivity contribution is 5.50. The fraction of sp³-hybridized carbons (Fsp3) is 0.273. The molecule has 4 heteroatoms. The van der Waals surface area contributed by atoms with Crippen LogP contribution in [0.25, 0.3) is 11.6 Å². The number of nitrogens with zero attached hydrogens (tertiary/aromatic N) is 2. The van der Waals surface area contributed by atoms with Crippen molar-refractivity contribution in [2.45, 2.75) is 19.8 Å². The van der Waals surface area contributed by atoms with E-state index < -0.39 is 0 Å². The Labute approximate surface area is 88.2 Å².